The SMILES string of the molecule is CCOc1cc(/C=N/N2C(=O)CSC2=S)cc(I)c1OCc1ccccc1Cl. The molecule has 0 atom stereocenters. The number of amides is 1. The molecule has 28 heavy (non-hydrogen) atoms. The number of hydrogen-bond acceptors (Lipinski definition) is 6. The molecular formula is C19H16ClIN2O3S2. The number of benzene rings is 2. The maximum absolute atomic E-state index is 11.8. The lowest BCUT2D eigenvalue weighted by atomic mass is 10.2. The summed E-state index contributed by atoms with van der Waals surface area (Å²) >= 11 is 14.8. The Labute approximate surface area is 191 Å². The zero-order chi connectivity index (χ0) is 20.1. The minimum absolute atomic E-state index is 0.120. The Bertz CT molecular complexity index is 923. The standard InChI is InChI=1S/C19H16ClIN2O3S2/c1-2-25-16-8-12(9-22-23-17(24)11-28-19(23)27)7-15(21)18(16)26-10-13-5-3-4-6-14(13)20/h3-9H,2,10-11H2,1H3/b22-9+. The van der Waals surface area contributed by atoms with Crippen molar-refractivity contribution in [1.82, 2.24) is 5.01 Å². The molecule has 9 heteroatoms. The minimum atomic E-state index is -0.120. The average molecular weight is 547 g/mol. The zero-order valence-electron chi connectivity index (χ0n) is 14.9. The first-order valence-corrected chi connectivity index (χ1v) is 11.2. The van der Waals surface area contributed by atoms with Gasteiger partial charge in [-0.15, -0.1) is 0 Å². The molecule has 0 radical (unpaired) electrons. The summed E-state index contributed by atoms with van der Waals surface area (Å²) in [5, 5.41) is 6.11. The number of carbonyl (C=O) groups is 1. The van der Waals surface area contributed by atoms with Crippen molar-refractivity contribution in [3.63, 3.8) is 0 Å². The van der Waals surface area contributed by atoms with Gasteiger partial charge in [0.15, 0.2) is 15.8 Å². The quantitative estimate of drug-likeness (QED) is 0.274. The molecule has 0 spiro atoms. The Morgan fingerprint density at radius 1 is 1.36 bits per heavy atom. The van der Waals surface area contributed by atoms with Gasteiger partial charge in [0, 0.05) is 10.6 Å². The summed E-state index contributed by atoms with van der Waals surface area (Å²) < 4.78 is 13.1. The molecule has 2 aromatic carbocycles. The van der Waals surface area contributed by atoms with Crippen LogP contribution >= 0.6 is 58.2 Å². The highest BCUT2D eigenvalue weighted by atomic mass is 127. The maximum Gasteiger partial charge on any atom is 0.259 e. The fourth-order valence-corrected chi connectivity index (χ4v) is 4.35. The van der Waals surface area contributed by atoms with Gasteiger partial charge in [0.1, 0.15) is 6.61 Å². The van der Waals surface area contributed by atoms with Gasteiger partial charge in [0.05, 0.1) is 22.1 Å². The summed E-state index contributed by atoms with van der Waals surface area (Å²) in [6.07, 6.45) is 1.60. The monoisotopic (exact) mass is 546 g/mol. The molecule has 3 rings (SSSR count). The van der Waals surface area contributed by atoms with Crippen LogP contribution in [0.15, 0.2) is 41.5 Å². The van der Waals surface area contributed by atoms with Crippen molar-refractivity contribution in [3.8, 4) is 11.5 Å². The predicted molar refractivity (Wildman–Crippen MR) is 126 cm³/mol. The van der Waals surface area contributed by atoms with Crippen LogP contribution in [0.3, 0.4) is 0 Å². The van der Waals surface area contributed by atoms with E-state index in [1.165, 1.54) is 16.8 Å². The number of nitrogens with zero attached hydrogens (tertiary/aromatic N) is 2. The number of thioether (sulfide) groups is 1. The molecule has 1 amide bonds. The van der Waals surface area contributed by atoms with Gasteiger partial charge < -0.3 is 9.47 Å². The number of halogens is 2. The highest BCUT2D eigenvalue weighted by Crippen LogP contribution is 2.35. The fraction of sp³-hybridized carbons (Fsp3) is 0.211. The Morgan fingerprint density at radius 3 is 2.82 bits per heavy atom. The van der Waals surface area contributed by atoms with Crippen LogP contribution < -0.4 is 9.47 Å². The Balaban J connectivity index is 1.82. The van der Waals surface area contributed by atoms with E-state index in [9.17, 15) is 4.79 Å². The van der Waals surface area contributed by atoms with E-state index in [1.807, 2.05) is 43.3 Å². The number of carbonyl (C=O) groups excluding carboxylic acids is 1. The summed E-state index contributed by atoms with van der Waals surface area (Å²) in [4.78, 5) is 11.8. The van der Waals surface area contributed by atoms with Gasteiger partial charge in [-0.05, 0) is 53.3 Å². The normalized spacial score (nSPS) is 14.2. The van der Waals surface area contributed by atoms with Crippen LogP contribution in [0, 0.1) is 3.57 Å². The summed E-state index contributed by atoms with van der Waals surface area (Å²) in [7, 11) is 0. The molecule has 0 saturated carbocycles. The lowest BCUT2D eigenvalue weighted by Crippen LogP contribution is -2.22. The molecule has 1 saturated heterocycles. The van der Waals surface area contributed by atoms with E-state index >= 15 is 0 Å². The van der Waals surface area contributed by atoms with Crippen molar-refractivity contribution < 1.29 is 14.3 Å². The van der Waals surface area contributed by atoms with Crippen molar-refractivity contribution in [2.24, 2.45) is 5.10 Å². The van der Waals surface area contributed by atoms with Crippen molar-refractivity contribution in [2.45, 2.75) is 13.5 Å². The molecule has 0 aliphatic carbocycles. The largest absolute Gasteiger partial charge is 0.490 e. The summed E-state index contributed by atoms with van der Waals surface area (Å²) in [6.45, 7) is 2.73. The van der Waals surface area contributed by atoms with E-state index in [1.54, 1.807) is 6.21 Å². The molecule has 1 aliphatic heterocycles. The van der Waals surface area contributed by atoms with Crippen LogP contribution in [0.1, 0.15) is 18.1 Å². The zero-order valence-corrected chi connectivity index (χ0v) is 19.4. The van der Waals surface area contributed by atoms with Gasteiger partial charge in [-0.2, -0.15) is 10.1 Å². The first kappa shape index (κ1) is 21.4. The van der Waals surface area contributed by atoms with E-state index in [0.29, 0.717) is 39.8 Å². The van der Waals surface area contributed by atoms with Gasteiger partial charge >= 0.3 is 0 Å². The van der Waals surface area contributed by atoms with Crippen LogP contribution in [-0.2, 0) is 11.4 Å². The number of thiocarbonyl (C=S) groups is 1. The molecule has 0 unspecified atom stereocenters. The summed E-state index contributed by atoms with van der Waals surface area (Å²) in [5.41, 5.74) is 1.68. The minimum Gasteiger partial charge on any atom is -0.490 e. The lowest BCUT2D eigenvalue weighted by Gasteiger charge is -2.15. The van der Waals surface area contributed by atoms with E-state index in [0.717, 1.165) is 14.7 Å². The molecule has 1 aliphatic rings. The molecule has 2 aromatic rings. The molecule has 5 nitrogen and oxygen atoms in total. The van der Waals surface area contributed by atoms with Gasteiger partial charge in [-0.3, -0.25) is 4.79 Å². The van der Waals surface area contributed by atoms with Crippen molar-refractivity contribution in [3.05, 3.63) is 56.1 Å². The van der Waals surface area contributed by atoms with Gasteiger partial charge in [-0.25, -0.2) is 0 Å². The lowest BCUT2D eigenvalue weighted by molar-refractivity contribution is -0.123. The number of rotatable bonds is 7. The molecular weight excluding hydrogens is 531 g/mol. The van der Waals surface area contributed by atoms with Crippen LogP contribution in [-0.4, -0.2) is 33.8 Å². The smallest absolute Gasteiger partial charge is 0.259 e. The fourth-order valence-electron chi connectivity index (χ4n) is 2.41. The average Bonchev–Trinajstić information content (AvgIpc) is 2.99. The van der Waals surface area contributed by atoms with E-state index in [-0.39, 0.29) is 5.91 Å². The van der Waals surface area contributed by atoms with Gasteiger partial charge in [0.2, 0.25) is 0 Å². The Morgan fingerprint density at radius 2 is 2.14 bits per heavy atom. The van der Waals surface area contributed by atoms with Gasteiger partial charge in [-0.1, -0.05) is 53.8 Å². The van der Waals surface area contributed by atoms with E-state index < -0.39 is 0 Å². The maximum atomic E-state index is 11.8. The summed E-state index contributed by atoms with van der Waals surface area (Å²) in [6, 6.07) is 11.3. The van der Waals surface area contributed by atoms with Crippen molar-refractivity contribution in [2.75, 3.05) is 12.4 Å². The molecule has 0 N–H and O–H groups in total. The Hall–Kier alpha value is -1.36. The molecule has 0 bridgehead atoms. The van der Waals surface area contributed by atoms with Crippen molar-refractivity contribution >= 4 is 74.6 Å². The van der Waals surface area contributed by atoms with E-state index in [4.69, 9.17) is 33.3 Å². The highest BCUT2D eigenvalue weighted by Gasteiger charge is 2.26. The topological polar surface area (TPSA) is 51.1 Å². The predicted octanol–water partition coefficient (Wildman–Crippen LogP) is 5.12. The molecule has 1 heterocycles. The van der Waals surface area contributed by atoms with E-state index in [2.05, 4.69) is 27.7 Å². The third-order valence-corrected chi connectivity index (χ3v) is 6.22. The highest BCUT2D eigenvalue weighted by molar-refractivity contribution is 14.1. The van der Waals surface area contributed by atoms with Crippen LogP contribution in [0.5, 0.6) is 11.5 Å². The third-order valence-electron chi connectivity index (χ3n) is 3.71. The Kier molecular flexibility index (Phi) is 7.55. The van der Waals surface area contributed by atoms with Gasteiger partial charge in [0.25, 0.3) is 5.91 Å². The summed E-state index contributed by atoms with van der Waals surface area (Å²) in [5.74, 6) is 1.45. The second-order valence-corrected chi connectivity index (χ2v) is 8.83. The number of ether oxygens (including phenoxy) is 2. The molecule has 0 aromatic heterocycles. The van der Waals surface area contributed by atoms with Crippen molar-refractivity contribution in [1.29, 1.82) is 0 Å². The molecule has 146 valence electrons. The molecule has 1 fully saturated rings. The first-order valence-electron chi connectivity index (χ1n) is 8.35. The second kappa shape index (κ2) is 9.91. The van der Waals surface area contributed by atoms with Crippen LogP contribution in [0.2, 0.25) is 5.02 Å². The van der Waals surface area contributed by atoms with Crippen LogP contribution in [0.25, 0.3) is 0 Å². The first-order chi connectivity index (χ1) is 13.5. The second-order valence-electron chi connectivity index (χ2n) is 5.65. The number of hydrazone groups is 1. The number of hydrogen-bond donors (Lipinski definition) is 0. The third kappa shape index (κ3) is 5.16. The van der Waals surface area contributed by atoms with Crippen LogP contribution in [0.4, 0.5) is 0 Å².